The maximum Gasteiger partial charge on any atom is 0.266 e. The molecule has 18 heavy (non-hydrogen) atoms. The van der Waals surface area contributed by atoms with Crippen LogP contribution in [0.15, 0.2) is 0 Å². The first kappa shape index (κ1) is 15.8. The van der Waals surface area contributed by atoms with E-state index >= 15 is 0 Å². The number of hydrogen-bond acceptors (Lipinski definition) is 6. The molecule has 0 radical (unpaired) electrons. The first-order chi connectivity index (χ1) is 8.16. The van der Waals surface area contributed by atoms with Crippen molar-refractivity contribution in [2.45, 2.75) is 12.5 Å². The lowest BCUT2D eigenvalue weighted by molar-refractivity contribution is 0.206. The van der Waals surface area contributed by atoms with Crippen LogP contribution in [-0.2, 0) is 20.2 Å². The average molecular weight is 302 g/mol. The number of nitrogens with one attached hydrogen (secondary N) is 1. The highest BCUT2D eigenvalue weighted by molar-refractivity contribution is 7.86. The molecule has 1 unspecified atom stereocenters. The van der Waals surface area contributed by atoms with Crippen molar-refractivity contribution in [2.75, 3.05) is 37.7 Å². The summed E-state index contributed by atoms with van der Waals surface area (Å²) >= 11 is 0. The molecule has 0 aromatic carbocycles. The van der Waals surface area contributed by atoms with Crippen LogP contribution >= 0.6 is 0 Å². The first-order valence-corrected chi connectivity index (χ1v) is 8.73. The minimum Gasteiger partial charge on any atom is -0.311 e. The third-order valence-corrected chi connectivity index (χ3v) is 4.18. The molecule has 0 saturated carbocycles. The van der Waals surface area contributed by atoms with Crippen LogP contribution in [0.2, 0.25) is 0 Å². The molecule has 1 fully saturated rings. The molecule has 0 amide bonds. The van der Waals surface area contributed by atoms with Crippen LogP contribution in [0.4, 0.5) is 0 Å². The molecule has 1 heterocycles. The van der Waals surface area contributed by atoms with E-state index in [4.69, 9.17) is 9.11 Å². The average Bonchev–Trinajstić information content (AvgIpc) is 2.22. The third-order valence-electron chi connectivity index (χ3n) is 2.73. The van der Waals surface area contributed by atoms with Gasteiger partial charge in [0.1, 0.15) is 0 Å². The molecule has 1 rings (SSSR count). The van der Waals surface area contributed by atoms with Gasteiger partial charge >= 0.3 is 0 Å². The van der Waals surface area contributed by atoms with Gasteiger partial charge in [-0.15, -0.1) is 0 Å². The van der Waals surface area contributed by atoms with Gasteiger partial charge in [-0.25, -0.2) is 0 Å². The Morgan fingerprint density at radius 2 is 1.72 bits per heavy atom. The lowest BCUT2D eigenvalue weighted by atomic mass is 10.1. The van der Waals surface area contributed by atoms with E-state index in [1.165, 1.54) is 0 Å². The molecule has 1 atom stereocenters. The summed E-state index contributed by atoms with van der Waals surface area (Å²) in [6, 6.07) is -0.109. The summed E-state index contributed by atoms with van der Waals surface area (Å²) in [5.41, 5.74) is 0. The highest BCUT2D eigenvalue weighted by Crippen LogP contribution is 2.04. The van der Waals surface area contributed by atoms with Crippen molar-refractivity contribution in [2.24, 2.45) is 0 Å². The quantitative estimate of drug-likeness (QED) is 0.503. The maximum absolute atomic E-state index is 10.6. The molecule has 1 aliphatic heterocycles. The summed E-state index contributed by atoms with van der Waals surface area (Å²) in [6.45, 7) is 1.95. The van der Waals surface area contributed by atoms with Crippen molar-refractivity contribution in [3.05, 3.63) is 0 Å². The van der Waals surface area contributed by atoms with Crippen LogP contribution in [0.25, 0.3) is 0 Å². The van der Waals surface area contributed by atoms with E-state index in [1.54, 1.807) is 0 Å². The number of hydrogen-bond donors (Lipinski definition) is 3. The van der Waals surface area contributed by atoms with Crippen LogP contribution < -0.4 is 5.32 Å². The van der Waals surface area contributed by atoms with E-state index in [1.807, 2.05) is 4.90 Å². The van der Waals surface area contributed by atoms with Crippen LogP contribution in [0.3, 0.4) is 0 Å². The SMILES string of the molecule is O=S(=O)(O)CCC1CN(CCS(=O)(=O)O)CCN1. The van der Waals surface area contributed by atoms with Crippen molar-refractivity contribution in [1.82, 2.24) is 10.2 Å². The molecule has 0 aromatic heterocycles. The standard InChI is InChI=1S/C8H18N2O6S2/c11-17(12,13)5-1-8-7-10(3-2-9-8)4-6-18(14,15)16/h8-9H,1-7H2,(H,11,12,13)(H,14,15,16). The summed E-state index contributed by atoms with van der Waals surface area (Å²) in [4.78, 5) is 1.83. The van der Waals surface area contributed by atoms with E-state index in [9.17, 15) is 16.8 Å². The fraction of sp³-hybridized carbons (Fsp3) is 1.00. The minimum atomic E-state index is -3.97. The molecule has 1 saturated heterocycles. The summed E-state index contributed by atoms with van der Waals surface area (Å²) < 4.78 is 59.7. The second-order valence-electron chi connectivity index (χ2n) is 4.31. The Morgan fingerprint density at radius 1 is 1.11 bits per heavy atom. The maximum atomic E-state index is 10.6. The monoisotopic (exact) mass is 302 g/mol. The molecular weight excluding hydrogens is 284 g/mol. The zero-order valence-corrected chi connectivity index (χ0v) is 11.5. The molecule has 0 aliphatic carbocycles. The second kappa shape index (κ2) is 6.26. The molecule has 0 aromatic rings. The predicted molar refractivity (Wildman–Crippen MR) is 65.7 cm³/mol. The number of nitrogens with zero attached hydrogens (tertiary/aromatic N) is 1. The van der Waals surface area contributed by atoms with Crippen LogP contribution in [0, 0.1) is 0 Å². The summed E-state index contributed by atoms with van der Waals surface area (Å²) in [6.07, 6.45) is 0.265. The van der Waals surface area contributed by atoms with Gasteiger partial charge in [-0.3, -0.25) is 14.0 Å². The summed E-state index contributed by atoms with van der Waals surface area (Å²) in [7, 11) is -7.95. The van der Waals surface area contributed by atoms with Crippen LogP contribution in [-0.4, -0.2) is 74.6 Å². The number of piperazine rings is 1. The van der Waals surface area contributed by atoms with Gasteiger partial charge < -0.3 is 5.32 Å². The Bertz CT molecular complexity index is 418. The van der Waals surface area contributed by atoms with E-state index < -0.39 is 20.2 Å². The highest BCUT2D eigenvalue weighted by atomic mass is 32.2. The van der Waals surface area contributed by atoms with Gasteiger partial charge in [-0.05, 0) is 6.42 Å². The largest absolute Gasteiger partial charge is 0.311 e. The third kappa shape index (κ3) is 7.24. The predicted octanol–water partition coefficient (Wildman–Crippen LogP) is -1.57. The Morgan fingerprint density at radius 3 is 2.28 bits per heavy atom. The fourth-order valence-electron chi connectivity index (χ4n) is 1.83. The molecular formula is C8H18N2O6S2. The van der Waals surface area contributed by atoms with Gasteiger partial charge in [0.2, 0.25) is 0 Å². The summed E-state index contributed by atoms with van der Waals surface area (Å²) in [5.74, 6) is -0.658. The topological polar surface area (TPSA) is 124 Å². The zero-order chi connectivity index (χ0) is 13.8. The Balaban J connectivity index is 2.37. The Labute approximate surface area is 107 Å². The first-order valence-electron chi connectivity index (χ1n) is 5.52. The van der Waals surface area contributed by atoms with E-state index in [-0.39, 0.29) is 30.5 Å². The Kier molecular flexibility index (Phi) is 5.49. The normalized spacial score (nSPS) is 23.1. The summed E-state index contributed by atoms with van der Waals surface area (Å²) in [5, 5.41) is 3.09. The van der Waals surface area contributed by atoms with E-state index in [2.05, 4.69) is 5.32 Å². The van der Waals surface area contributed by atoms with Gasteiger partial charge in [0, 0.05) is 32.2 Å². The van der Waals surface area contributed by atoms with Gasteiger partial charge in [-0.1, -0.05) is 0 Å². The molecule has 3 N–H and O–H groups in total. The van der Waals surface area contributed by atoms with E-state index in [0.29, 0.717) is 19.6 Å². The smallest absolute Gasteiger partial charge is 0.266 e. The molecule has 1 aliphatic rings. The van der Waals surface area contributed by atoms with Gasteiger partial charge in [0.05, 0.1) is 11.5 Å². The molecule has 10 heteroatoms. The fourth-order valence-corrected chi connectivity index (χ4v) is 2.90. The molecule has 0 bridgehead atoms. The minimum absolute atomic E-state index is 0.109. The van der Waals surface area contributed by atoms with Crippen molar-refractivity contribution < 1.29 is 25.9 Å². The lowest BCUT2D eigenvalue weighted by Gasteiger charge is -2.33. The van der Waals surface area contributed by atoms with Crippen molar-refractivity contribution in [3.63, 3.8) is 0 Å². The Hall–Kier alpha value is -0.260. The lowest BCUT2D eigenvalue weighted by Crippen LogP contribution is -2.52. The van der Waals surface area contributed by atoms with Crippen molar-refractivity contribution in [1.29, 1.82) is 0 Å². The zero-order valence-electron chi connectivity index (χ0n) is 9.82. The van der Waals surface area contributed by atoms with Crippen LogP contribution in [0.5, 0.6) is 0 Å². The van der Waals surface area contributed by atoms with Crippen molar-refractivity contribution >= 4 is 20.2 Å². The molecule has 8 nitrogen and oxygen atoms in total. The van der Waals surface area contributed by atoms with Gasteiger partial charge in [-0.2, -0.15) is 16.8 Å². The molecule has 0 spiro atoms. The number of rotatable bonds is 6. The second-order valence-corrected chi connectivity index (χ2v) is 7.46. The van der Waals surface area contributed by atoms with E-state index in [0.717, 1.165) is 0 Å². The molecule has 108 valence electrons. The van der Waals surface area contributed by atoms with Crippen molar-refractivity contribution in [3.8, 4) is 0 Å². The van der Waals surface area contributed by atoms with Gasteiger partial charge in [0.25, 0.3) is 20.2 Å². The van der Waals surface area contributed by atoms with Gasteiger partial charge in [0.15, 0.2) is 0 Å². The van der Waals surface area contributed by atoms with Crippen LogP contribution in [0.1, 0.15) is 6.42 Å². The highest BCUT2D eigenvalue weighted by Gasteiger charge is 2.21.